The fraction of sp³-hybridized carbons (Fsp3) is 0.308. The molecule has 0 N–H and O–H groups in total. The highest BCUT2D eigenvalue weighted by Crippen LogP contribution is 2.15. The molecule has 0 spiro atoms. The van der Waals surface area contributed by atoms with Crippen LogP contribution in [-0.2, 0) is 17.8 Å². The van der Waals surface area contributed by atoms with Gasteiger partial charge < -0.3 is 19.0 Å². The van der Waals surface area contributed by atoms with E-state index in [9.17, 15) is 9.59 Å². The van der Waals surface area contributed by atoms with Crippen LogP contribution in [0.2, 0.25) is 0 Å². The van der Waals surface area contributed by atoms with Crippen LogP contribution in [0.15, 0.2) is 77.4 Å². The predicted molar refractivity (Wildman–Crippen MR) is 123 cm³/mol. The molecule has 0 aliphatic heterocycles. The molecule has 6 heteroatoms. The minimum Gasteiger partial charge on any atom is -0.497 e. The zero-order chi connectivity index (χ0) is 22.8. The second-order valence-corrected chi connectivity index (χ2v) is 7.59. The van der Waals surface area contributed by atoms with Crippen LogP contribution < -0.4 is 4.74 Å². The van der Waals surface area contributed by atoms with Gasteiger partial charge in [-0.05, 0) is 54.8 Å². The zero-order valence-corrected chi connectivity index (χ0v) is 18.7. The van der Waals surface area contributed by atoms with E-state index in [1.165, 1.54) is 0 Å². The fourth-order valence-corrected chi connectivity index (χ4v) is 3.49. The van der Waals surface area contributed by atoms with Crippen LogP contribution in [0.3, 0.4) is 0 Å². The van der Waals surface area contributed by atoms with Gasteiger partial charge in [-0.2, -0.15) is 0 Å². The smallest absolute Gasteiger partial charge is 0.254 e. The van der Waals surface area contributed by atoms with Crippen molar-refractivity contribution in [1.82, 2.24) is 9.80 Å². The summed E-state index contributed by atoms with van der Waals surface area (Å²) in [5.41, 5.74) is 1.69. The lowest BCUT2D eigenvalue weighted by atomic mass is 10.1. The largest absolute Gasteiger partial charge is 0.497 e. The topological polar surface area (TPSA) is 63.0 Å². The fourth-order valence-electron chi connectivity index (χ4n) is 3.49. The van der Waals surface area contributed by atoms with Crippen LogP contribution in [0.4, 0.5) is 0 Å². The van der Waals surface area contributed by atoms with Gasteiger partial charge in [-0.15, -0.1) is 0 Å². The summed E-state index contributed by atoms with van der Waals surface area (Å²) in [7, 11) is 1.59. The van der Waals surface area contributed by atoms with Gasteiger partial charge in [-0.3, -0.25) is 9.59 Å². The SMILES string of the molecule is CCCN(CC(=O)N(CCc1ccccc1)Cc1ccco1)C(=O)c1ccc(OC)cc1. The number of benzene rings is 2. The second-order valence-electron chi connectivity index (χ2n) is 7.59. The van der Waals surface area contributed by atoms with Crippen molar-refractivity contribution in [2.75, 3.05) is 26.7 Å². The maximum absolute atomic E-state index is 13.3. The number of amides is 2. The highest BCUT2D eigenvalue weighted by atomic mass is 16.5. The lowest BCUT2D eigenvalue weighted by Gasteiger charge is -2.27. The van der Waals surface area contributed by atoms with Crippen molar-refractivity contribution in [2.45, 2.75) is 26.3 Å². The Morgan fingerprint density at radius 1 is 0.906 bits per heavy atom. The van der Waals surface area contributed by atoms with Gasteiger partial charge in [0.25, 0.3) is 5.91 Å². The molecule has 6 nitrogen and oxygen atoms in total. The molecule has 0 aliphatic carbocycles. The van der Waals surface area contributed by atoms with Crippen LogP contribution in [0.1, 0.15) is 35.0 Å². The summed E-state index contributed by atoms with van der Waals surface area (Å²) >= 11 is 0. The van der Waals surface area contributed by atoms with Gasteiger partial charge in [-0.25, -0.2) is 0 Å². The number of carbonyl (C=O) groups is 2. The number of rotatable bonds is 11. The van der Waals surface area contributed by atoms with Gasteiger partial charge in [0.2, 0.25) is 5.91 Å². The minimum absolute atomic E-state index is 0.0220. The van der Waals surface area contributed by atoms with Crippen molar-refractivity contribution in [1.29, 1.82) is 0 Å². The Hall–Kier alpha value is -3.54. The first-order valence-electron chi connectivity index (χ1n) is 10.9. The molecule has 0 unspecified atom stereocenters. The Labute approximate surface area is 189 Å². The summed E-state index contributed by atoms with van der Waals surface area (Å²) in [6.07, 6.45) is 3.09. The van der Waals surface area contributed by atoms with Gasteiger partial charge in [0.15, 0.2) is 0 Å². The van der Waals surface area contributed by atoms with E-state index in [2.05, 4.69) is 0 Å². The Morgan fingerprint density at radius 3 is 2.28 bits per heavy atom. The normalized spacial score (nSPS) is 10.6. The predicted octanol–water partition coefficient (Wildman–Crippen LogP) is 4.41. The van der Waals surface area contributed by atoms with Crippen LogP contribution in [0, 0.1) is 0 Å². The first-order chi connectivity index (χ1) is 15.6. The number of hydrogen-bond donors (Lipinski definition) is 0. The third-order valence-corrected chi connectivity index (χ3v) is 5.24. The zero-order valence-electron chi connectivity index (χ0n) is 18.7. The molecule has 1 aromatic heterocycles. The third-order valence-electron chi connectivity index (χ3n) is 5.24. The molecule has 3 rings (SSSR count). The molecule has 0 saturated carbocycles. The number of ether oxygens (including phenoxy) is 1. The van der Waals surface area contributed by atoms with Crippen LogP contribution >= 0.6 is 0 Å². The molecule has 3 aromatic rings. The number of methoxy groups -OCH3 is 1. The van der Waals surface area contributed by atoms with Crippen LogP contribution in [0.25, 0.3) is 0 Å². The Kier molecular flexibility index (Phi) is 8.49. The molecule has 0 bridgehead atoms. The first-order valence-corrected chi connectivity index (χ1v) is 10.9. The molecule has 0 aliphatic rings. The number of nitrogens with zero attached hydrogens (tertiary/aromatic N) is 2. The summed E-state index contributed by atoms with van der Waals surface area (Å²) < 4.78 is 10.6. The summed E-state index contributed by atoms with van der Waals surface area (Å²) in [4.78, 5) is 29.7. The minimum atomic E-state index is -0.163. The maximum atomic E-state index is 13.3. The average Bonchev–Trinajstić information content (AvgIpc) is 3.35. The molecule has 1 heterocycles. The molecule has 0 fully saturated rings. The van der Waals surface area contributed by atoms with Crippen LogP contribution in [0.5, 0.6) is 5.75 Å². The maximum Gasteiger partial charge on any atom is 0.254 e. The highest BCUT2D eigenvalue weighted by molar-refractivity contribution is 5.96. The van der Waals surface area contributed by atoms with E-state index >= 15 is 0 Å². The first kappa shape index (κ1) is 23.1. The van der Waals surface area contributed by atoms with Gasteiger partial charge in [0.1, 0.15) is 18.1 Å². The Balaban J connectivity index is 1.72. The molecule has 32 heavy (non-hydrogen) atoms. The van der Waals surface area contributed by atoms with Crippen molar-refractivity contribution < 1.29 is 18.7 Å². The van der Waals surface area contributed by atoms with E-state index < -0.39 is 0 Å². The van der Waals surface area contributed by atoms with E-state index in [0.29, 0.717) is 30.9 Å². The van der Waals surface area contributed by atoms with Crippen molar-refractivity contribution in [3.05, 3.63) is 89.9 Å². The molecule has 2 amide bonds. The molecular weight excluding hydrogens is 404 g/mol. The van der Waals surface area contributed by atoms with Gasteiger partial charge >= 0.3 is 0 Å². The van der Waals surface area contributed by atoms with Crippen molar-refractivity contribution in [3.8, 4) is 5.75 Å². The molecular formula is C26H30N2O4. The van der Waals surface area contributed by atoms with Crippen molar-refractivity contribution in [3.63, 3.8) is 0 Å². The summed E-state index contributed by atoms with van der Waals surface area (Å²) in [5, 5.41) is 0. The molecule has 0 saturated heterocycles. The van der Waals surface area contributed by atoms with Gasteiger partial charge in [0.05, 0.1) is 19.9 Å². The summed E-state index contributed by atoms with van der Waals surface area (Å²) in [6.45, 7) is 3.43. The number of carbonyl (C=O) groups excluding carboxylic acids is 2. The molecule has 0 atom stereocenters. The van der Waals surface area contributed by atoms with E-state index in [-0.39, 0.29) is 18.4 Å². The molecule has 2 aromatic carbocycles. The number of furan rings is 1. The number of hydrogen-bond acceptors (Lipinski definition) is 4. The van der Waals surface area contributed by atoms with E-state index in [4.69, 9.17) is 9.15 Å². The lowest BCUT2D eigenvalue weighted by molar-refractivity contribution is -0.132. The summed E-state index contributed by atoms with van der Waals surface area (Å²) in [6, 6.07) is 20.7. The third kappa shape index (κ3) is 6.48. The quantitative estimate of drug-likeness (QED) is 0.448. The van der Waals surface area contributed by atoms with Gasteiger partial charge in [-0.1, -0.05) is 37.3 Å². The van der Waals surface area contributed by atoms with E-state index in [1.807, 2.05) is 49.4 Å². The second kappa shape index (κ2) is 11.7. The van der Waals surface area contributed by atoms with Crippen molar-refractivity contribution >= 4 is 11.8 Å². The van der Waals surface area contributed by atoms with Gasteiger partial charge in [0, 0.05) is 18.7 Å². The van der Waals surface area contributed by atoms with E-state index in [0.717, 1.165) is 24.2 Å². The summed E-state index contributed by atoms with van der Waals surface area (Å²) in [5.74, 6) is 1.14. The Bertz CT molecular complexity index is 969. The van der Waals surface area contributed by atoms with E-state index in [1.54, 1.807) is 47.4 Å². The highest BCUT2D eigenvalue weighted by Gasteiger charge is 2.22. The monoisotopic (exact) mass is 434 g/mol. The molecule has 168 valence electrons. The van der Waals surface area contributed by atoms with Crippen molar-refractivity contribution in [2.24, 2.45) is 0 Å². The van der Waals surface area contributed by atoms with Crippen LogP contribution in [-0.4, -0.2) is 48.4 Å². The molecule has 0 radical (unpaired) electrons. The Morgan fingerprint density at radius 2 is 1.66 bits per heavy atom. The average molecular weight is 435 g/mol. The lowest BCUT2D eigenvalue weighted by Crippen LogP contribution is -2.43. The standard InChI is InChI=1S/C26H30N2O4/c1-3-16-28(26(30)22-11-13-23(31-2)14-12-22)20-25(29)27(19-24-10-7-18-32-24)17-15-21-8-5-4-6-9-21/h4-14,18H,3,15-17,19-20H2,1-2H3.